The van der Waals surface area contributed by atoms with E-state index in [-0.39, 0.29) is 17.9 Å². The van der Waals surface area contributed by atoms with E-state index in [1.165, 1.54) is 10.6 Å². The molecule has 0 radical (unpaired) electrons. The topological polar surface area (TPSA) is 22.0 Å². The van der Waals surface area contributed by atoms with Crippen LogP contribution in [-0.4, -0.2) is 4.57 Å². The molecule has 5 heteroatoms. The van der Waals surface area contributed by atoms with Gasteiger partial charge in [-0.1, -0.05) is 6.07 Å². The van der Waals surface area contributed by atoms with Crippen molar-refractivity contribution in [3.63, 3.8) is 0 Å². The molecule has 0 spiro atoms. The van der Waals surface area contributed by atoms with Crippen LogP contribution in [0.2, 0.25) is 0 Å². The van der Waals surface area contributed by atoms with E-state index in [2.05, 4.69) is 15.9 Å². The molecule has 0 saturated carbocycles. The summed E-state index contributed by atoms with van der Waals surface area (Å²) in [5.74, 6) is -0.855. The summed E-state index contributed by atoms with van der Waals surface area (Å²) in [7, 11) is 0. The van der Waals surface area contributed by atoms with Crippen molar-refractivity contribution in [1.82, 2.24) is 4.57 Å². The molecule has 0 aliphatic rings. The summed E-state index contributed by atoms with van der Waals surface area (Å²) in [6.07, 6.45) is 1.12. The van der Waals surface area contributed by atoms with Crippen LogP contribution < -0.4 is 5.56 Å². The first-order chi connectivity index (χ1) is 8.06. The third-order valence-corrected chi connectivity index (χ3v) is 2.89. The van der Waals surface area contributed by atoms with Crippen LogP contribution in [0, 0.1) is 11.6 Å². The Morgan fingerprint density at radius 2 is 1.94 bits per heavy atom. The first-order valence-electron chi connectivity index (χ1n) is 4.86. The first-order valence-corrected chi connectivity index (χ1v) is 5.65. The van der Waals surface area contributed by atoms with Crippen LogP contribution in [0.5, 0.6) is 0 Å². The van der Waals surface area contributed by atoms with E-state index in [0.717, 1.165) is 18.3 Å². The molecule has 0 fully saturated rings. The molecule has 1 heterocycles. The highest BCUT2D eigenvalue weighted by atomic mass is 79.9. The van der Waals surface area contributed by atoms with Crippen LogP contribution >= 0.6 is 15.9 Å². The van der Waals surface area contributed by atoms with E-state index in [1.54, 1.807) is 12.1 Å². The molecular formula is C12H8BrF2NO. The molecule has 1 aromatic heterocycles. The normalized spacial score (nSPS) is 10.5. The van der Waals surface area contributed by atoms with Crippen LogP contribution in [0.15, 0.2) is 45.8 Å². The predicted octanol–water partition coefficient (Wildman–Crippen LogP) is 2.94. The molecule has 0 saturated heterocycles. The highest BCUT2D eigenvalue weighted by molar-refractivity contribution is 9.10. The van der Waals surface area contributed by atoms with Gasteiger partial charge < -0.3 is 4.57 Å². The van der Waals surface area contributed by atoms with Crippen molar-refractivity contribution in [1.29, 1.82) is 0 Å². The van der Waals surface area contributed by atoms with E-state index in [1.807, 2.05) is 0 Å². The number of hydrogen-bond acceptors (Lipinski definition) is 1. The number of pyridine rings is 1. The number of nitrogens with zero attached hydrogens (tertiary/aromatic N) is 1. The average molecular weight is 300 g/mol. The lowest BCUT2D eigenvalue weighted by molar-refractivity contribution is 0.594. The Labute approximate surface area is 105 Å². The second-order valence-corrected chi connectivity index (χ2v) is 4.42. The van der Waals surface area contributed by atoms with Crippen LogP contribution in [0.25, 0.3) is 0 Å². The lowest BCUT2D eigenvalue weighted by atomic mass is 10.2. The maximum Gasteiger partial charge on any atom is 0.251 e. The summed E-state index contributed by atoms with van der Waals surface area (Å²) in [5.41, 5.74) is 0.415. The van der Waals surface area contributed by atoms with Crippen LogP contribution in [-0.2, 0) is 6.54 Å². The molecule has 17 heavy (non-hydrogen) atoms. The molecule has 0 atom stereocenters. The van der Waals surface area contributed by atoms with Gasteiger partial charge in [0.25, 0.3) is 5.56 Å². The standard InChI is InChI=1S/C12H8BrF2NO/c13-10-5-8(1-3-11(10)15)6-16-7-9(14)2-4-12(16)17/h1-5,7H,6H2. The van der Waals surface area contributed by atoms with Gasteiger partial charge in [-0.25, -0.2) is 8.78 Å². The second-order valence-electron chi connectivity index (χ2n) is 3.56. The van der Waals surface area contributed by atoms with Crippen molar-refractivity contribution >= 4 is 15.9 Å². The van der Waals surface area contributed by atoms with E-state index in [0.29, 0.717) is 10.0 Å². The fourth-order valence-electron chi connectivity index (χ4n) is 1.46. The lowest BCUT2D eigenvalue weighted by Crippen LogP contribution is -2.19. The average Bonchev–Trinajstić information content (AvgIpc) is 2.29. The molecular weight excluding hydrogens is 292 g/mol. The van der Waals surface area contributed by atoms with Crippen molar-refractivity contribution in [2.24, 2.45) is 0 Å². The highest BCUT2D eigenvalue weighted by Gasteiger charge is 2.03. The molecule has 2 aromatic rings. The fraction of sp³-hybridized carbons (Fsp3) is 0.0833. The molecule has 0 bridgehead atoms. The van der Waals surface area contributed by atoms with E-state index in [4.69, 9.17) is 0 Å². The summed E-state index contributed by atoms with van der Waals surface area (Å²) in [4.78, 5) is 11.4. The Morgan fingerprint density at radius 3 is 2.65 bits per heavy atom. The molecule has 1 aromatic carbocycles. The number of hydrogen-bond donors (Lipinski definition) is 0. The Morgan fingerprint density at radius 1 is 1.18 bits per heavy atom. The minimum atomic E-state index is -0.481. The fourth-order valence-corrected chi connectivity index (χ4v) is 1.89. The Bertz CT molecular complexity index is 610. The lowest BCUT2D eigenvalue weighted by Gasteiger charge is -2.06. The number of benzene rings is 1. The number of rotatable bonds is 2. The smallest absolute Gasteiger partial charge is 0.251 e. The van der Waals surface area contributed by atoms with Gasteiger partial charge in [-0.3, -0.25) is 4.79 Å². The quantitative estimate of drug-likeness (QED) is 0.836. The highest BCUT2D eigenvalue weighted by Crippen LogP contribution is 2.17. The maximum atomic E-state index is 13.0. The van der Waals surface area contributed by atoms with Crippen molar-refractivity contribution < 1.29 is 8.78 Å². The minimum Gasteiger partial charge on any atom is -0.308 e. The summed E-state index contributed by atoms with van der Waals surface area (Å²) >= 11 is 3.06. The largest absolute Gasteiger partial charge is 0.308 e. The molecule has 0 aliphatic carbocycles. The molecule has 2 rings (SSSR count). The maximum absolute atomic E-state index is 13.0. The summed E-state index contributed by atoms with van der Waals surface area (Å²) in [5, 5.41) is 0. The third-order valence-electron chi connectivity index (χ3n) is 2.28. The van der Waals surface area contributed by atoms with Crippen molar-refractivity contribution in [3.05, 3.63) is 68.6 Å². The zero-order chi connectivity index (χ0) is 12.4. The molecule has 88 valence electrons. The van der Waals surface area contributed by atoms with Crippen LogP contribution in [0.1, 0.15) is 5.56 Å². The second kappa shape index (κ2) is 4.79. The first kappa shape index (κ1) is 12.0. The van der Waals surface area contributed by atoms with Gasteiger partial charge in [0, 0.05) is 12.3 Å². The molecule has 0 N–H and O–H groups in total. The summed E-state index contributed by atoms with van der Waals surface area (Å²) in [6.45, 7) is 0.204. The Hall–Kier alpha value is -1.49. The van der Waals surface area contributed by atoms with E-state index < -0.39 is 5.82 Å². The van der Waals surface area contributed by atoms with Gasteiger partial charge in [0.15, 0.2) is 0 Å². The molecule has 0 unspecified atom stereocenters. The van der Waals surface area contributed by atoms with E-state index >= 15 is 0 Å². The van der Waals surface area contributed by atoms with Crippen LogP contribution in [0.3, 0.4) is 0 Å². The van der Waals surface area contributed by atoms with Gasteiger partial charge >= 0.3 is 0 Å². The minimum absolute atomic E-state index is 0.204. The predicted molar refractivity (Wildman–Crippen MR) is 63.9 cm³/mol. The van der Waals surface area contributed by atoms with Crippen molar-refractivity contribution in [3.8, 4) is 0 Å². The van der Waals surface area contributed by atoms with Crippen LogP contribution in [0.4, 0.5) is 8.78 Å². The van der Waals surface area contributed by atoms with Crippen molar-refractivity contribution in [2.75, 3.05) is 0 Å². The molecule has 2 nitrogen and oxygen atoms in total. The third kappa shape index (κ3) is 2.79. The van der Waals surface area contributed by atoms with Gasteiger partial charge in [0.05, 0.1) is 11.0 Å². The van der Waals surface area contributed by atoms with Gasteiger partial charge in [0.1, 0.15) is 11.6 Å². The Kier molecular flexibility index (Phi) is 3.38. The van der Waals surface area contributed by atoms with Gasteiger partial charge in [-0.15, -0.1) is 0 Å². The zero-order valence-corrected chi connectivity index (χ0v) is 10.2. The molecule has 0 amide bonds. The van der Waals surface area contributed by atoms with Gasteiger partial charge in [0.2, 0.25) is 0 Å². The van der Waals surface area contributed by atoms with Gasteiger partial charge in [-0.2, -0.15) is 0 Å². The monoisotopic (exact) mass is 299 g/mol. The van der Waals surface area contributed by atoms with E-state index in [9.17, 15) is 13.6 Å². The number of aromatic nitrogens is 1. The van der Waals surface area contributed by atoms with Crippen molar-refractivity contribution in [2.45, 2.75) is 6.54 Å². The molecule has 0 aliphatic heterocycles. The Balaban J connectivity index is 2.34. The number of halogens is 3. The zero-order valence-electron chi connectivity index (χ0n) is 8.66. The summed E-state index contributed by atoms with van der Waals surface area (Å²) in [6, 6.07) is 6.68. The summed E-state index contributed by atoms with van der Waals surface area (Å²) < 4.78 is 27.5. The van der Waals surface area contributed by atoms with Gasteiger partial charge in [-0.05, 0) is 39.7 Å². The SMILES string of the molecule is O=c1ccc(F)cn1Cc1ccc(F)c(Br)c1.